The van der Waals surface area contributed by atoms with Gasteiger partial charge in [-0.05, 0) is 24.3 Å². The van der Waals surface area contributed by atoms with E-state index in [0.29, 0.717) is 32.0 Å². The van der Waals surface area contributed by atoms with Gasteiger partial charge in [0.2, 0.25) is 0 Å². The Morgan fingerprint density at radius 3 is 2.10 bits per heavy atom. The van der Waals surface area contributed by atoms with Crippen LogP contribution < -0.4 is 5.32 Å². The molecule has 0 aliphatic carbocycles. The Kier molecular flexibility index (Phi) is 7.96. The predicted octanol–water partition coefficient (Wildman–Crippen LogP) is 1.51. The monoisotopic (exact) mass is 358 g/mol. The van der Waals surface area contributed by atoms with Gasteiger partial charge in [0.25, 0.3) is 0 Å². The van der Waals surface area contributed by atoms with Crippen molar-refractivity contribution in [3.05, 3.63) is 28.7 Å². The molecule has 0 fully saturated rings. The molecule has 0 radical (unpaired) electrons. The van der Waals surface area contributed by atoms with Crippen molar-refractivity contribution < 1.29 is 19.1 Å². The first-order chi connectivity index (χ1) is 10.1. The minimum Gasteiger partial charge on any atom is -0.383 e. The molecular weight excluding hydrogens is 340 g/mol. The van der Waals surface area contributed by atoms with Crippen LogP contribution in [0.4, 0.5) is 5.69 Å². The van der Waals surface area contributed by atoms with Crippen molar-refractivity contribution in [2.75, 3.05) is 45.8 Å². The minimum absolute atomic E-state index is 0.340. The Morgan fingerprint density at radius 1 is 1.10 bits per heavy atom. The molecule has 1 aromatic carbocycles. The zero-order valence-electron chi connectivity index (χ0n) is 12.1. The molecule has 21 heavy (non-hydrogen) atoms. The highest BCUT2D eigenvalue weighted by Crippen LogP contribution is 2.14. The minimum atomic E-state index is -0.676. The number of benzene rings is 1. The molecule has 116 valence electrons. The second-order valence-corrected chi connectivity index (χ2v) is 5.15. The Hall–Kier alpha value is -1.44. The lowest BCUT2D eigenvalue weighted by Crippen LogP contribution is -2.43. The molecule has 0 unspecified atom stereocenters. The number of anilines is 1. The van der Waals surface area contributed by atoms with Crippen LogP contribution in [0, 0.1) is 0 Å². The van der Waals surface area contributed by atoms with Crippen LogP contribution >= 0.6 is 15.9 Å². The summed E-state index contributed by atoms with van der Waals surface area (Å²) >= 11 is 3.31. The second-order valence-electron chi connectivity index (χ2n) is 4.24. The molecule has 1 rings (SSSR count). The summed E-state index contributed by atoms with van der Waals surface area (Å²) in [5.41, 5.74) is 0.565. The highest BCUT2D eigenvalue weighted by atomic mass is 79.9. The van der Waals surface area contributed by atoms with Crippen molar-refractivity contribution in [2.45, 2.75) is 0 Å². The van der Waals surface area contributed by atoms with Crippen LogP contribution in [-0.4, -0.2) is 57.2 Å². The van der Waals surface area contributed by atoms with Crippen LogP contribution in [-0.2, 0) is 19.1 Å². The summed E-state index contributed by atoms with van der Waals surface area (Å²) < 4.78 is 10.8. The van der Waals surface area contributed by atoms with Gasteiger partial charge in [-0.1, -0.05) is 15.9 Å². The molecule has 1 aromatic rings. The molecule has 0 saturated heterocycles. The van der Waals surface area contributed by atoms with Gasteiger partial charge in [0.15, 0.2) is 0 Å². The highest BCUT2D eigenvalue weighted by molar-refractivity contribution is 9.10. The third-order valence-corrected chi connectivity index (χ3v) is 3.24. The number of carbonyl (C=O) groups is 2. The van der Waals surface area contributed by atoms with Crippen molar-refractivity contribution in [1.29, 1.82) is 0 Å². The topological polar surface area (TPSA) is 67.9 Å². The maximum atomic E-state index is 12.1. The third-order valence-electron chi connectivity index (χ3n) is 2.71. The quantitative estimate of drug-likeness (QED) is 0.750. The van der Waals surface area contributed by atoms with Gasteiger partial charge < -0.3 is 19.7 Å². The number of halogens is 1. The lowest BCUT2D eigenvalue weighted by atomic mass is 10.3. The molecule has 0 spiro atoms. The van der Waals surface area contributed by atoms with Crippen molar-refractivity contribution in [3.8, 4) is 0 Å². The number of amides is 2. The summed E-state index contributed by atoms with van der Waals surface area (Å²) in [7, 11) is 3.09. The molecule has 0 heterocycles. The van der Waals surface area contributed by atoms with E-state index in [-0.39, 0.29) is 0 Å². The molecule has 2 amide bonds. The predicted molar refractivity (Wildman–Crippen MR) is 83.1 cm³/mol. The molecule has 0 aliphatic rings. The van der Waals surface area contributed by atoms with E-state index >= 15 is 0 Å². The first-order valence-electron chi connectivity index (χ1n) is 6.42. The molecular formula is C14H19BrN2O4. The van der Waals surface area contributed by atoms with E-state index in [0.717, 1.165) is 4.47 Å². The smallest absolute Gasteiger partial charge is 0.313 e. The highest BCUT2D eigenvalue weighted by Gasteiger charge is 2.21. The Bertz CT molecular complexity index is 457. The molecule has 1 N–H and O–H groups in total. The molecule has 0 aliphatic heterocycles. The van der Waals surface area contributed by atoms with Crippen LogP contribution in [0.5, 0.6) is 0 Å². The van der Waals surface area contributed by atoms with E-state index < -0.39 is 11.8 Å². The van der Waals surface area contributed by atoms with E-state index in [4.69, 9.17) is 9.47 Å². The zero-order chi connectivity index (χ0) is 15.7. The van der Waals surface area contributed by atoms with Gasteiger partial charge in [0.1, 0.15) is 0 Å². The fourth-order valence-electron chi connectivity index (χ4n) is 1.58. The summed E-state index contributed by atoms with van der Waals surface area (Å²) in [6, 6.07) is 7.00. The number of nitrogens with zero attached hydrogens (tertiary/aromatic N) is 1. The van der Waals surface area contributed by atoms with Crippen molar-refractivity contribution in [2.24, 2.45) is 0 Å². The van der Waals surface area contributed by atoms with E-state index in [1.54, 1.807) is 38.5 Å². The van der Waals surface area contributed by atoms with Gasteiger partial charge >= 0.3 is 11.8 Å². The molecule has 0 bridgehead atoms. The van der Waals surface area contributed by atoms with E-state index in [2.05, 4.69) is 21.2 Å². The average Bonchev–Trinajstić information content (AvgIpc) is 2.49. The van der Waals surface area contributed by atoms with Gasteiger partial charge in [-0.2, -0.15) is 0 Å². The maximum absolute atomic E-state index is 12.1. The van der Waals surface area contributed by atoms with Crippen LogP contribution in [0.15, 0.2) is 28.7 Å². The van der Waals surface area contributed by atoms with Gasteiger partial charge in [0, 0.05) is 37.5 Å². The summed E-state index contributed by atoms with van der Waals surface area (Å²) in [5.74, 6) is -1.28. The second kappa shape index (κ2) is 9.49. The van der Waals surface area contributed by atoms with E-state index in [1.807, 2.05) is 0 Å². The molecule has 6 nitrogen and oxygen atoms in total. The van der Waals surface area contributed by atoms with Crippen molar-refractivity contribution in [1.82, 2.24) is 4.90 Å². The molecule has 7 heteroatoms. The van der Waals surface area contributed by atoms with Crippen LogP contribution in [0.3, 0.4) is 0 Å². The first-order valence-corrected chi connectivity index (χ1v) is 7.21. The maximum Gasteiger partial charge on any atom is 0.313 e. The fourth-order valence-corrected chi connectivity index (χ4v) is 1.84. The van der Waals surface area contributed by atoms with Crippen LogP contribution in [0.2, 0.25) is 0 Å². The normalized spacial score (nSPS) is 10.2. The Morgan fingerprint density at radius 2 is 1.62 bits per heavy atom. The number of nitrogens with one attached hydrogen (secondary N) is 1. The number of ether oxygens (including phenoxy) is 2. The Balaban J connectivity index is 2.63. The first kappa shape index (κ1) is 17.6. The van der Waals surface area contributed by atoms with E-state index in [9.17, 15) is 9.59 Å². The van der Waals surface area contributed by atoms with Gasteiger partial charge in [-0.3, -0.25) is 9.59 Å². The van der Waals surface area contributed by atoms with Crippen LogP contribution in [0.25, 0.3) is 0 Å². The number of hydrogen-bond donors (Lipinski definition) is 1. The van der Waals surface area contributed by atoms with Crippen LogP contribution in [0.1, 0.15) is 0 Å². The lowest BCUT2D eigenvalue weighted by molar-refractivity contribution is -0.144. The Labute approximate surface area is 132 Å². The summed E-state index contributed by atoms with van der Waals surface area (Å²) in [6.07, 6.45) is 0. The van der Waals surface area contributed by atoms with Crippen molar-refractivity contribution >= 4 is 33.4 Å². The molecule has 0 atom stereocenters. The number of rotatable bonds is 7. The van der Waals surface area contributed by atoms with Crippen molar-refractivity contribution in [3.63, 3.8) is 0 Å². The number of hydrogen-bond acceptors (Lipinski definition) is 4. The summed E-state index contributed by atoms with van der Waals surface area (Å²) in [4.78, 5) is 25.5. The summed E-state index contributed by atoms with van der Waals surface area (Å²) in [5, 5.41) is 2.57. The van der Waals surface area contributed by atoms with Gasteiger partial charge in [-0.25, -0.2) is 0 Å². The standard InChI is InChI=1S/C14H19BrN2O4/c1-20-9-7-17(8-10-21-2)14(19)13(18)16-12-5-3-11(15)4-6-12/h3-6H,7-10H2,1-2H3,(H,16,18). The molecule has 0 saturated carbocycles. The SMILES string of the molecule is COCCN(CCOC)C(=O)C(=O)Nc1ccc(Br)cc1. The fraction of sp³-hybridized carbons (Fsp3) is 0.429. The van der Waals surface area contributed by atoms with Gasteiger partial charge in [0.05, 0.1) is 13.2 Å². The largest absolute Gasteiger partial charge is 0.383 e. The van der Waals surface area contributed by atoms with Gasteiger partial charge in [-0.15, -0.1) is 0 Å². The third kappa shape index (κ3) is 6.24. The van der Waals surface area contributed by atoms with E-state index in [1.165, 1.54) is 4.90 Å². The summed E-state index contributed by atoms with van der Waals surface area (Å²) in [6.45, 7) is 1.40. The zero-order valence-corrected chi connectivity index (χ0v) is 13.7. The number of methoxy groups -OCH3 is 2. The average molecular weight is 359 g/mol. The molecule has 0 aromatic heterocycles. The lowest BCUT2D eigenvalue weighted by Gasteiger charge is -2.21. The number of carbonyl (C=O) groups excluding carboxylic acids is 2.